The molecule has 1 aliphatic heterocycles. The highest BCUT2D eigenvalue weighted by molar-refractivity contribution is 7.99. The second kappa shape index (κ2) is 8.39. The molecular weight excluding hydrogens is 228 g/mol. The zero-order chi connectivity index (χ0) is 12.6. The molecule has 0 saturated carbocycles. The maximum Gasteiger partial charge on any atom is 0.00965 e. The third kappa shape index (κ3) is 8.92. The molecule has 102 valence electrons. The number of nitrogens with zero attached hydrogens (tertiary/aromatic N) is 1. The van der Waals surface area contributed by atoms with Gasteiger partial charge in [0.05, 0.1) is 0 Å². The van der Waals surface area contributed by atoms with E-state index in [1.54, 1.807) is 0 Å². The summed E-state index contributed by atoms with van der Waals surface area (Å²) in [7, 11) is 0. The summed E-state index contributed by atoms with van der Waals surface area (Å²) in [4.78, 5) is 2.65. The van der Waals surface area contributed by atoms with Crippen LogP contribution >= 0.6 is 11.8 Å². The first-order chi connectivity index (χ1) is 8.08. The van der Waals surface area contributed by atoms with Crippen LogP contribution in [0.1, 0.15) is 46.5 Å². The van der Waals surface area contributed by atoms with Crippen molar-refractivity contribution in [2.75, 3.05) is 37.7 Å². The van der Waals surface area contributed by atoms with Crippen LogP contribution < -0.4 is 5.32 Å². The van der Waals surface area contributed by atoms with E-state index in [4.69, 9.17) is 0 Å². The van der Waals surface area contributed by atoms with E-state index in [2.05, 4.69) is 42.7 Å². The smallest absolute Gasteiger partial charge is 0.00965 e. The first-order valence-electron chi connectivity index (χ1n) is 7.13. The van der Waals surface area contributed by atoms with Crippen LogP contribution in [-0.4, -0.2) is 48.1 Å². The number of hydrogen-bond donors (Lipinski definition) is 1. The molecular formula is C14H30N2S. The maximum atomic E-state index is 3.55. The highest BCUT2D eigenvalue weighted by atomic mass is 32.2. The van der Waals surface area contributed by atoms with Crippen molar-refractivity contribution >= 4 is 11.8 Å². The third-order valence-corrected chi connectivity index (χ3v) is 4.17. The first kappa shape index (κ1) is 15.3. The molecule has 0 radical (unpaired) electrons. The highest BCUT2D eigenvalue weighted by Gasteiger charge is 2.09. The van der Waals surface area contributed by atoms with Gasteiger partial charge in [0.25, 0.3) is 0 Å². The topological polar surface area (TPSA) is 15.3 Å². The van der Waals surface area contributed by atoms with Crippen molar-refractivity contribution in [2.45, 2.75) is 52.0 Å². The SMILES string of the molecule is CC(C)(C)NCCCCCN1CCCSCC1. The number of nitrogens with one attached hydrogen (secondary N) is 1. The summed E-state index contributed by atoms with van der Waals surface area (Å²) in [5.41, 5.74) is 0.280. The van der Waals surface area contributed by atoms with E-state index in [1.165, 1.54) is 63.4 Å². The molecule has 0 aromatic carbocycles. The summed E-state index contributed by atoms with van der Waals surface area (Å²) in [6.07, 6.45) is 5.44. The van der Waals surface area contributed by atoms with E-state index >= 15 is 0 Å². The van der Waals surface area contributed by atoms with Crippen molar-refractivity contribution in [1.29, 1.82) is 0 Å². The lowest BCUT2D eigenvalue weighted by Gasteiger charge is -2.21. The van der Waals surface area contributed by atoms with Crippen LogP contribution in [0.3, 0.4) is 0 Å². The predicted octanol–water partition coefficient (Wildman–Crippen LogP) is 2.98. The Labute approximate surface area is 112 Å². The molecule has 0 unspecified atom stereocenters. The Morgan fingerprint density at radius 1 is 1.06 bits per heavy atom. The average molecular weight is 258 g/mol. The van der Waals surface area contributed by atoms with Gasteiger partial charge < -0.3 is 10.2 Å². The molecule has 17 heavy (non-hydrogen) atoms. The molecule has 0 aliphatic carbocycles. The number of thioether (sulfide) groups is 1. The Morgan fingerprint density at radius 2 is 1.88 bits per heavy atom. The zero-order valence-electron chi connectivity index (χ0n) is 11.9. The van der Waals surface area contributed by atoms with Crippen molar-refractivity contribution in [3.63, 3.8) is 0 Å². The molecule has 1 N–H and O–H groups in total. The van der Waals surface area contributed by atoms with Crippen LogP contribution in [0.2, 0.25) is 0 Å². The van der Waals surface area contributed by atoms with Crippen LogP contribution in [-0.2, 0) is 0 Å². The summed E-state index contributed by atoms with van der Waals surface area (Å²) in [6, 6.07) is 0. The van der Waals surface area contributed by atoms with E-state index < -0.39 is 0 Å². The Balaban J connectivity index is 1.93. The van der Waals surface area contributed by atoms with Crippen molar-refractivity contribution in [3.05, 3.63) is 0 Å². The number of unbranched alkanes of at least 4 members (excludes halogenated alkanes) is 2. The van der Waals surface area contributed by atoms with E-state index in [1.807, 2.05) is 0 Å². The first-order valence-corrected chi connectivity index (χ1v) is 8.28. The van der Waals surface area contributed by atoms with Crippen molar-refractivity contribution in [3.8, 4) is 0 Å². The average Bonchev–Trinajstić information content (AvgIpc) is 2.50. The highest BCUT2D eigenvalue weighted by Crippen LogP contribution is 2.10. The van der Waals surface area contributed by atoms with Gasteiger partial charge in [-0.2, -0.15) is 11.8 Å². The molecule has 0 spiro atoms. The van der Waals surface area contributed by atoms with Crippen LogP contribution in [0.5, 0.6) is 0 Å². The second-order valence-corrected chi connectivity index (χ2v) is 7.27. The minimum absolute atomic E-state index is 0.280. The second-order valence-electron chi connectivity index (χ2n) is 6.05. The minimum Gasteiger partial charge on any atom is -0.312 e. The van der Waals surface area contributed by atoms with Gasteiger partial charge in [0, 0.05) is 17.8 Å². The van der Waals surface area contributed by atoms with Gasteiger partial charge in [0.1, 0.15) is 0 Å². The van der Waals surface area contributed by atoms with E-state index in [0.717, 1.165) is 0 Å². The van der Waals surface area contributed by atoms with E-state index in [-0.39, 0.29) is 5.54 Å². The van der Waals surface area contributed by atoms with Gasteiger partial charge in [-0.25, -0.2) is 0 Å². The minimum atomic E-state index is 0.280. The third-order valence-electron chi connectivity index (χ3n) is 3.12. The van der Waals surface area contributed by atoms with Crippen LogP contribution in [0.4, 0.5) is 0 Å². The molecule has 2 nitrogen and oxygen atoms in total. The van der Waals surface area contributed by atoms with E-state index in [9.17, 15) is 0 Å². The summed E-state index contributed by atoms with van der Waals surface area (Å²) in [5.74, 6) is 2.71. The lowest BCUT2D eigenvalue weighted by atomic mass is 10.1. The Hall–Kier alpha value is 0.270. The molecule has 1 fully saturated rings. The standard InChI is InChI=1S/C14H30N2S/c1-14(2,3)15-8-5-4-6-9-16-10-7-12-17-13-11-16/h15H,4-13H2,1-3H3. The fourth-order valence-corrected chi connectivity index (χ4v) is 3.05. The van der Waals surface area contributed by atoms with Crippen molar-refractivity contribution in [1.82, 2.24) is 10.2 Å². The van der Waals surface area contributed by atoms with Gasteiger partial charge >= 0.3 is 0 Å². The monoisotopic (exact) mass is 258 g/mol. The molecule has 3 heteroatoms. The molecule has 0 aromatic heterocycles. The lowest BCUT2D eigenvalue weighted by Crippen LogP contribution is -2.36. The summed E-state index contributed by atoms with van der Waals surface area (Å²) in [6.45, 7) is 11.8. The largest absolute Gasteiger partial charge is 0.312 e. The van der Waals surface area contributed by atoms with Crippen LogP contribution in [0.25, 0.3) is 0 Å². The van der Waals surface area contributed by atoms with Gasteiger partial charge in [0.15, 0.2) is 0 Å². The molecule has 1 aliphatic rings. The Bertz CT molecular complexity index is 181. The normalized spacial score (nSPS) is 19.2. The maximum absolute atomic E-state index is 3.55. The molecule has 0 atom stereocenters. The fraction of sp³-hybridized carbons (Fsp3) is 1.00. The van der Waals surface area contributed by atoms with Crippen molar-refractivity contribution in [2.24, 2.45) is 0 Å². The van der Waals surface area contributed by atoms with E-state index in [0.29, 0.717) is 0 Å². The molecule has 0 bridgehead atoms. The van der Waals surface area contributed by atoms with Gasteiger partial charge in [-0.1, -0.05) is 6.42 Å². The Morgan fingerprint density at radius 3 is 2.65 bits per heavy atom. The molecule has 1 rings (SSSR count). The quantitative estimate of drug-likeness (QED) is 0.737. The summed E-state index contributed by atoms with van der Waals surface area (Å²) in [5, 5.41) is 3.55. The van der Waals surface area contributed by atoms with Crippen molar-refractivity contribution < 1.29 is 0 Å². The molecule has 0 amide bonds. The predicted molar refractivity (Wildman–Crippen MR) is 80.0 cm³/mol. The summed E-state index contributed by atoms with van der Waals surface area (Å²) >= 11 is 2.12. The van der Waals surface area contributed by atoms with Gasteiger partial charge in [-0.3, -0.25) is 0 Å². The zero-order valence-corrected chi connectivity index (χ0v) is 12.7. The van der Waals surface area contributed by atoms with Crippen LogP contribution in [0.15, 0.2) is 0 Å². The molecule has 0 aromatic rings. The Kier molecular flexibility index (Phi) is 7.56. The van der Waals surface area contributed by atoms with Gasteiger partial charge in [0.2, 0.25) is 0 Å². The van der Waals surface area contributed by atoms with Crippen LogP contribution in [0, 0.1) is 0 Å². The molecule has 1 saturated heterocycles. The fourth-order valence-electron chi connectivity index (χ4n) is 2.12. The number of rotatable bonds is 6. The number of hydrogen-bond acceptors (Lipinski definition) is 3. The summed E-state index contributed by atoms with van der Waals surface area (Å²) < 4.78 is 0. The lowest BCUT2D eigenvalue weighted by molar-refractivity contribution is 0.287. The van der Waals surface area contributed by atoms with Gasteiger partial charge in [-0.15, -0.1) is 0 Å². The van der Waals surface area contributed by atoms with Gasteiger partial charge in [-0.05, 0) is 65.4 Å². The molecule has 1 heterocycles.